The molecule has 2 heterocycles. The molecule has 1 N–H and O–H groups in total. The molecule has 0 aromatic carbocycles. The SMILES string of the molecule is Cc1csc(NCc2c(C)noc2C)n1. The molecule has 4 nitrogen and oxygen atoms in total. The van der Waals surface area contributed by atoms with Gasteiger partial charge in [0.15, 0.2) is 5.13 Å². The van der Waals surface area contributed by atoms with Crippen LogP contribution in [0.1, 0.15) is 22.7 Å². The molecule has 0 saturated heterocycles. The maximum atomic E-state index is 5.08. The number of aromatic nitrogens is 2. The van der Waals surface area contributed by atoms with E-state index in [9.17, 15) is 0 Å². The lowest BCUT2D eigenvalue weighted by molar-refractivity contribution is 0.392. The van der Waals surface area contributed by atoms with E-state index in [1.54, 1.807) is 11.3 Å². The van der Waals surface area contributed by atoms with Gasteiger partial charge in [-0.2, -0.15) is 0 Å². The number of aryl methyl sites for hydroxylation is 3. The summed E-state index contributed by atoms with van der Waals surface area (Å²) in [4.78, 5) is 4.33. The Kier molecular flexibility index (Phi) is 2.73. The van der Waals surface area contributed by atoms with E-state index in [-0.39, 0.29) is 0 Å². The number of anilines is 1. The third-order valence-electron chi connectivity index (χ3n) is 2.22. The van der Waals surface area contributed by atoms with Crippen LogP contribution < -0.4 is 5.32 Å². The van der Waals surface area contributed by atoms with Gasteiger partial charge in [0.2, 0.25) is 0 Å². The van der Waals surface area contributed by atoms with Crippen molar-refractivity contribution in [1.29, 1.82) is 0 Å². The minimum Gasteiger partial charge on any atom is -0.361 e. The van der Waals surface area contributed by atoms with Gasteiger partial charge >= 0.3 is 0 Å². The normalized spacial score (nSPS) is 10.6. The lowest BCUT2D eigenvalue weighted by Crippen LogP contribution is -2.00. The molecule has 2 aromatic rings. The molecule has 0 radical (unpaired) electrons. The van der Waals surface area contributed by atoms with Crippen LogP contribution in [-0.4, -0.2) is 10.1 Å². The zero-order chi connectivity index (χ0) is 10.8. The van der Waals surface area contributed by atoms with Crippen molar-refractivity contribution in [3.63, 3.8) is 0 Å². The number of thiazole rings is 1. The first-order valence-electron chi connectivity index (χ1n) is 4.74. The second-order valence-corrected chi connectivity index (χ2v) is 4.31. The van der Waals surface area contributed by atoms with Crippen LogP contribution >= 0.6 is 11.3 Å². The summed E-state index contributed by atoms with van der Waals surface area (Å²) in [6, 6.07) is 0. The number of hydrogen-bond donors (Lipinski definition) is 1. The Morgan fingerprint density at radius 3 is 2.73 bits per heavy atom. The van der Waals surface area contributed by atoms with Gasteiger partial charge in [-0.15, -0.1) is 11.3 Å². The van der Waals surface area contributed by atoms with E-state index in [0.717, 1.165) is 27.8 Å². The van der Waals surface area contributed by atoms with Gasteiger partial charge in [-0.3, -0.25) is 0 Å². The summed E-state index contributed by atoms with van der Waals surface area (Å²) in [5, 5.41) is 10.1. The van der Waals surface area contributed by atoms with E-state index < -0.39 is 0 Å². The monoisotopic (exact) mass is 223 g/mol. The van der Waals surface area contributed by atoms with Crippen molar-refractivity contribution >= 4 is 16.5 Å². The van der Waals surface area contributed by atoms with Gasteiger partial charge in [-0.1, -0.05) is 5.16 Å². The Balaban J connectivity index is 2.05. The van der Waals surface area contributed by atoms with Crippen LogP contribution in [0, 0.1) is 20.8 Å². The molecule has 0 fully saturated rings. The van der Waals surface area contributed by atoms with Crippen molar-refractivity contribution in [2.24, 2.45) is 0 Å². The Hall–Kier alpha value is -1.36. The van der Waals surface area contributed by atoms with Crippen molar-refractivity contribution in [3.8, 4) is 0 Å². The summed E-state index contributed by atoms with van der Waals surface area (Å²) in [5.41, 5.74) is 3.09. The highest BCUT2D eigenvalue weighted by Crippen LogP contribution is 2.18. The van der Waals surface area contributed by atoms with Crippen molar-refractivity contribution in [2.75, 3.05) is 5.32 Å². The predicted molar refractivity (Wildman–Crippen MR) is 60.2 cm³/mol. The van der Waals surface area contributed by atoms with Gasteiger partial charge < -0.3 is 9.84 Å². The van der Waals surface area contributed by atoms with Crippen LogP contribution in [-0.2, 0) is 6.54 Å². The average molecular weight is 223 g/mol. The molecular formula is C10H13N3OS. The standard InChI is InChI=1S/C10H13N3OS/c1-6-5-15-10(12-6)11-4-9-7(2)13-14-8(9)3/h5H,4H2,1-3H3,(H,11,12). The predicted octanol–water partition coefficient (Wildman–Crippen LogP) is 2.67. The fourth-order valence-electron chi connectivity index (χ4n) is 1.35. The smallest absolute Gasteiger partial charge is 0.183 e. The maximum Gasteiger partial charge on any atom is 0.183 e. The van der Waals surface area contributed by atoms with Gasteiger partial charge in [-0.25, -0.2) is 4.98 Å². The quantitative estimate of drug-likeness (QED) is 0.869. The van der Waals surface area contributed by atoms with Gasteiger partial charge in [-0.05, 0) is 20.8 Å². The van der Waals surface area contributed by atoms with Crippen LogP contribution in [0.4, 0.5) is 5.13 Å². The average Bonchev–Trinajstić information content (AvgIpc) is 2.73. The van der Waals surface area contributed by atoms with E-state index in [2.05, 4.69) is 15.5 Å². The van der Waals surface area contributed by atoms with Gasteiger partial charge in [0, 0.05) is 17.5 Å². The fraction of sp³-hybridized carbons (Fsp3) is 0.400. The molecule has 0 aliphatic rings. The third-order valence-corrected chi connectivity index (χ3v) is 3.13. The highest BCUT2D eigenvalue weighted by molar-refractivity contribution is 7.13. The van der Waals surface area contributed by atoms with Crippen LogP contribution in [0.5, 0.6) is 0 Å². The molecule has 0 saturated carbocycles. The Morgan fingerprint density at radius 2 is 2.20 bits per heavy atom. The zero-order valence-corrected chi connectivity index (χ0v) is 9.81. The second kappa shape index (κ2) is 4.02. The van der Waals surface area contributed by atoms with Crippen LogP contribution in [0.25, 0.3) is 0 Å². The topological polar surface area (TPSA) is 51.0 Å². The molecule has 0 atom stereocenters. The molecule has 80 valence electrons. The van der Waals surface area contributed by atoms with Crippen LogP contribution in [0.3, 0.4) is 0 Å². The first kappa shape index (κ1) is 10.2. The minimum atomic E-state index is 0.716. The molecule has 2 aromatic heterocycles. The first-order chi connectivity index (χ1) is 7.16. The second-order valence-electron chi connectivity index (χ2n) is 3.45. The lowest BCUT2D eigenvalue weighted by Gasteiger charge is -2.00. The molecule has 0 aliphatic carbocycles. The van der Waals surface area contributed by atoms with E-state index in [1.807, 2.05) is 26.2 Å². The molecule has 0 aliphatic heterocycles. The van der Waals surface area contributed by atoms with Crippen molar-refractivity contribution in [1.82, 2.24) is 10.1 Å². The van der Waals surface area contributed by atoms with E-state index >= 15 is 0 Å². The Labute approximate surface area is 92.3 Å². The Morgan fingerprint density at radius 1 is 1.40 bits per heavy atom. The molecule has 0 unspecified atom stereocenters. The highest BCUT2D eigenvalue weighted by atomic mass is 32.1. The number of rotatable bonds is 3. The van der Waals surface area contributed by atoms with Gasteiger partial charge in [0.1, 0.15) is 5.76 Å². The van der Waals surface area contributed by atoms with E-state index in [1.165, 1.54) is 0 Å². The van der Waals surface area contributed by atoms with Crippen molar-refractivity contribution < 1.29 is 4.52 Å². The zero-order valence-electron chi connectivity index (χ0n) is 9.00. The lowest BCUT2D eigenvalue weighted by atomic mass is 10.2. The van der Waals surface area contributed by atoms with Crippen LogP contribution in [0.2, 0.25) is 0 Å². The van der Waals surface area contributed by atoms with Crippen molar-refractivity contribution in [2.45, 2.75) is 27.3 Å². The van der Waals surface area contributed by atoms with Gasteiger partial charge in [0.25, 0.3) is 0 Å². The number of hydrogen-bond acceptors (Lipinski definition) is 5. The molecule has 5 heteroatoms. The summed E-state index contributed by atoms with van der Waals surface area (Å²) in [5.74, 6) is 0.869. The molecule has 15 heavy (non-hydrogen) atoms. The maximum absolute atomic E-state index is 5.08. The minimum absolute atomic E-state index is 0.716. The summed E-state index contributed by atoms with van der Waals surface area (Å²) >= 11 is 1.61. The third kappa shape index (κ3) is 2.18. The van der Waals surface area contributed by atoms with Crippen molar-refractivity contribution in [3.05, 3.63) is 28.1 Å². The largest absolute Gasteiger partial charge is 0.361 e. The summed E-state index contributed by atoms with van der Waals surface area (Å²) in [6.07, 6.45) is 0. The van der Waals surface area contributed by atoms with Crippen LogP contribution in [0.15, 0.2) is 9.90 Å². The number of nitrogens with one attached hydrogen (secondary N) is 1. The summed E-state index contributed by atoms with van der Waals surface area (Å²) in [6.45, 7) is 6.57. The highest BCUT2D eigenvalue weighted by Gasteiger charge is 2.08. The molecule has 2 rings (SSSR count). The van der Waals surface area contributed by atoms with E-state index in [4.69, 9.17) is 4.52 Å². The van der Waals surface area contributed by atoms with E-state index in [0.29, 0.717) is 6.54 Å². The fourth-order valence-corrected chi connectivity index (χ4v) is 2.04. The molecule has 0 spiro atoms. The molecule has 0 amide bonds. The molecule has 0 bridgehead atoms. The van der Waals surface area contributed by atoms with Gasteiger partial charge in [0.05, 0.1) is 11.4 Å². The summed E-state index contributed by atoms with van der Waals surface area (Å²) in [7, 11) is 0. The Bertz CT molecular complexity index is 441. The molecular weight excluding hydrogens is 210 g/mol. The first-order valence-corrected chi connectivity index (χ1v) is 5.62. The summed E-state index contributed by atoms with van der Waals surface area (Å²) < 4.78 is 5.08. The number of nitrogens with zero attached hydrogens (tertiary/aromatic N) is 2.